The summed E-state index contributed by atoms with van der Waals surface area (Å²) in [5, 5.41) is 0. The third-order valence-corrected chi connectivity index (χ3v) is 3.89. The molecule has 0 aromatic carbocycles. The second kappa shape index (κ2) is 8.04. The average molecular weight is 269 g/mol. The molecule has 2 heteroatoms. The summed E-state index contributed by atoms with van der Waals surface area (Å²) < 4.78 is 0. The first kappa shape index (κ1) is 18.6. The van der Waals surface area contributed by atoms with Gasteiger partial charge < -0.3 is 5.73 Å². The normalized spacial score (nSPS) is 14.5. The molecule has 1 atom stereocenters. The molecule has 0 bridgehead atoms. The van der Waals surface area contributed by atoms with Gasteiger partial charge in [0.2, 0.25) is 0 Å². The fourth-order valence-corrected chi connectivity index (χ4v) is 2.49. The Morgan fingerprint density at radius 3 is 2.00 bits per heavy atom. The fourth-order valence-electron chi connectivity index (χ4n) is 2.49. The van der Waals surface area contributed by atoms with E-state index in [1.54, 1.807) is 0 Å². The van der Waals surface area contributed by atoms with Crippen LogP contribution in [-0.2, 0) is 4.79 Å². The van der Waals surface area contributed by atoms with Gasteiger partial charge >= 0.3 is 0 Å². The van der Waals surface area contributed by atoms with Crippen LogP contribution in [-0.4, -0.2) is 12.3 Å². The number of carbonyl (C=O) groups is 1. The summed E-state index contributed by atoms with van der Waals surface area (Å²) in [5.74, 6) is 0.986. The molecular formula is C17H35NO. The van der Waals surface area contributed by atoms with Crippen molar-refractivity contribution in [3.63, 3.8) is 0 Å². The van der Waals surface area contributed by atoms with Crippen molar-refractivity contribution in [2.45, 2.75) is 80.1 Å². The highest BCUT2D eigenvalue weighted by Crippen LogP contribution is 2.32. The van der Waals surface area contributed by atoms with Gasteiger partial charge in [0.25, 0.3) is 0 Å². The topological polar surface area (TPSA) is 43.1 Å². The van der Waals surface area contributed by atoms with Crippen molar-refractivity contribution in [2.24, 2.45) is 22.5 Å². The Kier molecular flexibility index (Phi) is 7.88. The molecule has 0 aliphatic rings. The molecule has 0 saturated heterocycles. The number of carbonyl (C=O) groups excluding carboxylic acids is 1. The zero-order valence-corrected chi connectivity index (χ0v) is 14.0. The van der Waals surface area contributed by atoms with Crippen LogP contribution in [0.5, 0.6) is 0 Å². The van der Waals surface area contributed by atoms with Crippen LogP contribution in [0.15, 0.2) is 0 Å². The van der Waals surface area contributed by atoms with Crippen molar-refractivity contribution < 1.29 is 4.79 Å². The third-order valence-electron chi connectivity index (χ3n) is 3.89. The molecule has 1 unspecified atom stereocenters. The van der Waals surface area contributed by atoms with Crippen molar-refractivity contribution in [2.75, 3.05) is 6.54 Å². The molecule has 114 valence electrons. The lowest BCUT2D eigenvalue weighted by Crippen LogP contribution is -2.24. The van der Waals surface area contributed by atoms with Crippen LogP contribution < -0.4 is 5.73 Å². The van der Waals surface area contributed by atoms with Crippen molar-refractivity contribution in [1.82, 2.24) is 0 Å². The van der Waals surface area contributed by atoms with Gasteiger partial charge in [0.1, 0.15) is 5.78 Å². The van der Waals surface area contributed by atoms with Gasteiger partial charge in [-0.05, 0) is 49.0 Å². The maximum Gasteiger partial charge on any atom is 0.132 e. The molecule has 2 N–H and O–H groups in total. The molecule has 19 heavy (non-hydrogen) atoms. The quantitative estimate of drug-likeness (QED) is 0.701. The zero-order valence-electron chi connectivity index (χ0n) is 14.0. The molecule has 0 amide bonds. The van der Waals surface area contributed by atoms with Crippen LogP contribution >= 0.6 is 0 Å². The molecule has 0 aliphatic heterocycles. The van der Waals surface area contributed by atoms with Gasteiger partial charge in [-0.1, -0.05) is 41.5 Å². The maximum absolute atomic E-state index is 11.9. The van der Waals surface area contributed by atoms with Crippen LogP contribution in [0, 0.1) is 16.7 Å². The summed E-state index contributed by atoms with van der Waals surface area (Å²) in [4.78, 5) is 11.9. The highest BCUT2D eigenvalue weighted by molar-refractivity contribution is 5.78. The minimum absolute atomic E-state index is 0.255. The Morgan fingerprint density at radius 1 is 1.00 bits per heavy atom. The Hall–Kier alpha value is -0.370. The van der Waals surface area contributed by atoms with Gasteiger partial charge in [0.15, 0.2) is 0 Å². The molecule has 0 spiro atoms. The summed E-state index contributed by atoms with van der Waals surface area (Å²) in [6, 6.07) is 0. The molecule has 0 fully saturated rings. The predicted molar refractivity (Wildman–Crippen MR) is 84.2 cm³/mol. The maximum atomic E-state index is 11.9. The summed E-state index contributed by atoms with van der Waals surface area (Å²) >= 11 is 0. The Bertz CT molecular complexity index is 257. The number of nitrogens with two attached hydrogens (primary N) is 1. The van der Waals surface area contributed by atoms with Crippen molar-refractivity contribution in [3.8, 4) is 0 Å². The van der Waals surface area contributed by atoms with Crippen LogP contribution in [0.2, 0.25) is 0 Å². The number of Topliss-reactive ketones (excluding diaryl/α,β-unsaturated/α-hetero) is 1. The van der Waals surface area contributed by atoms with E-state index in [2.05, 4.69) is 41.5 Å². The Morgan fingerprint density at radius 2 is 1.58 bits per heavy atom. The first-order chi connectivity index (χ1) is 8.56. The van der Waals surface area contributed by atoms with Gasteiger partial charge in [0, 0.05) is 12.8 Å². The minimum Gasteiger partial charge on any atom is -0.330 e. The van der Waals surface area contributed by atoms with E-state index in [1.165, 1.54) is 0 Å². The lowest BCUT2D eigenvalue weighted by molar-refractivity contribution is -0.119. The summed E-state index contributed by atoms with van der Waals surface area (Å²) in [7, 11) is 0. The van der Waals surface area contributed by atoms with Gasteiger partial charge in [-0.15, -0.1) is 0 Å². The summed E-state index contributed by atoms with van der Waals surface area (Å²) in [5.41, 5.74) is 6.27. The van der Waals surface area contributed by atoms with E-state index in [0.717, 1.165) is 45.1 Å². The van der Waals surface area contributed by atoms with Crippen molar-refractivity contribution in [3.05, 3.63) is 0 Å². The zero-order chi connectivity index (χ0) is 15.1. The van der Waals surface area contributed by atoms with Crippen LogP contribution in [0.4, 0.5) is 0 Å². The number of hydrogen-bond acceptors (Lipinski definition) is 2. The highest BCUT2D eigenvalue weighted by atomic mass is 16.1. The second-order valence-corrected chi connectivity index (χ2v) is 8.13. The highest BCUT2D eigenvalue weighted by Gasteiger charge is 2.24. The van der Waals surface area contributed by atoms with Gasteiger partial charge in [-0.2, -0.15) is 0 Å². The van der Waals surface area contributed by atoms with E-state index in [0.29, 0.717) is 17.1 Å². The van der Waals surface area contributed by atoms with Crippen LogP contribution in [0.25, 0.3) is 0 Å². The predicted octanol–water partition coefficient (Wildman–Crippen LogP) is 4.56. The molecule has 2 nitrogen and oxygen atoms in total. The van der Waals surface area contributed by atoms with E-state index < -0.39 is 0 Å². The average Bonchev–Trinajstić information content (AvgIpc) is 2.20. The molecule has 0 aliphatic carbocycles. The molecular weight excluding hydrogens is 234 g/mol. The van der Waals surface area contributed by atoms with Gasteiger partial charge in [-0.3, -0.25) is 4.79 Å². The summed E-state index contributed by atoms with van der Waals surface area (Å²) in [6.07, 6.45) is 5.65. The molecule has 0 aromatic rings. The Labute approximate surface area is 120 Å². The number of ketones is 1. The summed E-state index contributed by atoms with van der Waals surface area (Å²) in [6.45, 7) is 14.2. The SMILES string of the molecule is CC(C)(C)CCCC(=O)CCC(CCN)C(C)(C)C. The van der Waals surface area contributed by atoms with E-state index in [-0.39, 0.29) is 5.41 Å². The molecule has 0 rings (SSSR count). The van der Waals surface area contributed by atoms with E-state index >= 15 is 0 Å². The first-order valence-electron chi connectivity index (χ1n) is 7.78. The molecule has 0 aromatic heterocycles. The second-order valence-electron chi connectivity index (χ2n) is 8.13. The third kappa shape index (κ3) is 10.1. The molecule has 0 saturated carbocycles. The molecule has 0 radical (unpaired) electrons. The monoisotopic (exact) mass is 269 g/mol. The van der Waals surface area contributed by atoms with Gasteiger partial charge in [-0.25, -0.2) is 0 Å². The Balaban J connectivity index is 3.99. The van der Waals surface area contributed by atoms with Crippen LogP contribution in [0.3, 0.4) is 0 Å². The largest absolute Gasteiger partial charge is 0.330 e. The fraction of sp³-hybridized carbons (Fsp3) is 0.941. The first-order valence-corrected chi connectivity index (χ1v) is 7.78. The standard InChI is InChI=1S/C17H35NO/c1-16(2,3)12-7-8-15(19)10-9-14(11-13-18)17(4,5)6/h14H,7-13,18H2,1-6H3. The van der Waals surface area contributed by atoms with Gasteiger partial charge in [0.05, 0.1) is 0 Å². The number of rotatable bonds is 8. The molecule has 0 heterocycles. The van der Waals surface area contributed by atoms with Crippen LogP contribution in [0.1, 0.15) is 80.1 Å². The van der Waals surface area contributed by atoms with Crippen molar-refractivity contribution in [1.29, 1.82) is 0 Å². The minimum atomic E-state index is 0.255. The smallest absolute Gasteiger partial charge is 0.132 e. The lowest BCUT2D eigenvalue weighted by atomic mass is 9.76. The van der Waals surface area contributed by atoms with E-state index in [4.69, 9.17) is 5.73 Å². The van der Waals surface area contributed by atoms with E-state index in [9.17, 15) is 4.79 Å². The lowest BCUT2D eigenvalue weighted by Gasteiger charge is -2.30. The van der Waals surface area contributed by atoms with E-state index in [1.807, 2.05) is 0 Å². The van der Waals surface area contributed by atoms with Crippen molar-refractivity contribution >= 4 is 5.78 Å². The number of hydrogen-bond donors (Lipinski definition) is 1.